The summed E-state index contributed by atoms with van der Waals surface area (Å²) in [5.74, 6) is 1.62. The van der Waals surface area contributed by atoms with Crippen molar-refractivity contribution in [3.63, 3.8) is 0 Å². The van der Waals surface area contributed by atoms with Crippen LogP contribution in [0.15, 0.2) is 35.5 Å². The molecule has 0 saturated heterocycles. The van der Waals surface area contributed by atoms with Gasteiger partial charge in [-0.25, -0.2) is 9.97 Å². The monoisotopic (exact) mass is 369 g/mol. The number of fused-ring (bicyclic) bond motifs is 3. The molecule has 0 bridgehead atoms. The lowest BCUT2D eigenvalue weighted by molar-refractivity contribution is 0.102. The standard InChI is InChI=1S/C19H19N3OS2/c1-11-7-8-15-13(9-11)16-17(20)21-19(22-18(16)25-15)24-10-14(23)12-5-3-2-4-6-12/h2-6,11H,7-10H2,1H3,(H2,20,21,22). The number of Topliss-reactive ketones (excluding diaryl/α,β-unsaturated/α-hetero) is 1. The molecule has 3 aromatic rings. The average Bonchev–Trinajstić information content (AvgIpc) is 2.98. The second kappa shape index (κ2) is 6.77. The smallest absolute Gasteiger partial charge is 0.191 e. The molecule has 0 radical (unpaired) electrons. The molecule has 2 N–H and O–H groups in total. The molecule has 4 rings (SSSR count). The van der Waals surface area contributed by atoms with Gasteiger partial charge in [0.1, 0.15) is 10.6 Å². The van der Waals surface area contributed by atoms with Crippen molar-refractivity contribution in [2.24, 2.45) is 5.92 Å². The van der Waals surface area contributed by atoms with Gasteiger partial charge >= 0.3 is 0 Å². The van der Waals surface area contributed by atoms with Crippen LogP contribution in [0.2, 0.25) is 0 Å². The quantitative estimate of drug-likeness (QED) is 0.420. The number of hydrogen-bond acceptors (Lipinski definition) is 6. The van der Waals surface area contributed by atoms with E-state index in [-0.39, 0.29) is 5.78 Å². The Bertz CT molecular complexity index is 937. The van der Waals surface area contributed by atoms with E-state index in [1.54, 1.807) is 11.3 Å². The summed E-state index contributed by atoms with van der Waals surface area (Å²) in [7, 11) is 0. The topological polar surface area (TPSA) is 68.9 Å². The number of ketones is 1. The number of carbonyl (C=O) groups excluding carboxylic acids is 1. The summed E-state index contributed by atoms with van der Waals surface area (Å²) in [6.45, 7) is 2.28. The van der Waals surface area contributed by atoms with E-state index in [0.29, 0.717) is 28.2 Å². The fraction of sp³-hybridized carbons (Fsp3) is 0.316. The number of rotatable bonds is 4. The van der Waals surface area contributed by atoms with E-state index in [1.807, 2.05) is 30.3 Å². The van der Waals surface area contributed by atoms with Crippen LogP contribution in [0.4, 0.5) is 5.82 Å². The van der Waals surface area contributed by atoms with E-state index in [4.69, 9.17) is 5.73 Å². The minimum absolute atomic E-state index is 0.0761. The van der Waals surface area contributed by atoms with Crippen LogP contribution in [0.5, 0.6) is 0 Å². The SMILES string of the molecule is CC1CCc2sc3nc(SCC(=O)c4ccccc4)nc(N)c3c2C1. The van der Waals surface area contributed by atoms with Crippen LogP contribution >= 0.6 is 23.1 Å². The Kier molecular flexibility index (Phi) is 4.48. The number of aryl methyl sites for hydroxylation is 1. The van der Waals surface area contributed by atoms with Gasteiger partial charge in [-0.2, -0.15) is 0 Å². The van der Waals surface area contributed by atoms with E-state index in [1.165, 1.54) is 28.6 Å². The molecule has 1 aliphatic rings. The molecule has 1 aliphatic carbocycles. The van der Waals surface area contributed by atoms with E-state index in [2.05, 4.69) is 16.9 Å². The minimum Gasteiger partial charge on any atom is -0.383 e. The summed E-state index contributed by atoms with van der Waals surface area (Å²) in [5, 5.41) is 1.62. The maximum absolute atomic E-state index is 12.3. The number of carbonyl (C=O) groups is 1. The molecule has 1 atom stereocenters. The van der Waals surface area contributed by atoms with Crippen molar-refractivity contribution >= 4 is 44.9 Å². The fourth-order valence-electron chi connectivity index (χ4n) is 3.26. The number of thioether (sulfide) groups is 1. The molecule has 2 heterocycles. The van der Waals surface area contributed by atoms with Gasteiger partial charge in [-0.1, -0.05) is 49.0 Å². The molecule has 1 unspecified atom stereocenters. The second-order valence-corrected chi connectivity index (χ2v) is 8.53. The largest absolute Gasteiger partial charge is 0.383 e. The van der Waals surface area contributed by atoms with Crippen LogP contribution in [0.1, 0.15) is 34.1 Å². The first kappa shape index (κ1) is 16.5. The summed E-state index contributed by atoms with van der Waals surface area (Å²) in [6.07, 6.45) is 3.38. The number of benzene rings is 1. The molecular formula is C19H19N3OS2. The maximum atomic E-state index is 12.3. The number of nitrogens with zero attached hydrogens (tertiary/aromatic N) is 2. The van der Waals surface area contributed by atoms with Gasteiger partial charge in [0, 0.05) is 10.4 Å². The molecule has 4 nitrogen and oxygen atoms in total. The van der Waals surface area contributed by atoms with Gasteiger partial charge in [0.05, 0.1) is 11.1 Å². The third-order valence-electron chi connectivity index (χ3n) is 4.59. The van der Waals surface area contributed by atoms with Crippen LogP contribution in [-0.4, -0.2) is 21.5 Å². The molecule has 0 spiro atoms. The second-order valence-electron chi connectivity index (χ2n) is 6.50. The number of nitrogen functional groups attached to an aromatic ring is 1. The van der Waals surface area contributed by atoms with Crippen LogP contribution in [-0.2, 0) is 12.8 Å². The molecule has 0 fully saturated rings. The normalized spacial score (nSPS) is 16.8. The van der Waals surface area contributed by atoms with Crippen molar-refractivity contribution in [3.05, 3.63) is 46.3 Å². The molecule has 128 valence electrons. The molecule has 0 amide bonds. The lowest BCUT2D eigenvalue weighted by Crippen LogP contribution is -2.09. The van der Waals surface area contributed by atoms with Crippen molar-refractivity contribution in [3.8, 4) is 0 Å². The molecule has 0 aliphatic heterocycles. The fourth-order valence-corrected chi connectivity index (χ4v) is 5.29. The zero-order chi connectivity index (χ0) is 17.4. The predicted octanol–water partition coefficient (Wildman–Crippen LogP) is 4.37. The zero-order valence-electron chi connectivity index (χ0n) is 14.0. The maximum Gasteiger partial charge on any atom is 0.191 e. The van der Waals surface area contributed by atoms with Crippen LogP contribution in [0.25, 0.3) is 10.2 Å². The number of hydrogen-bond donors (Lipinski definition) is 1. The Hall–Kier alpha value is -1.92. The predicted molar refractivity (Wildman–Crippen MR) is 105 cm³/mol. The molecule has 2 aromatic heterocycles. The van der Waals surface area contributed by atoms with Gasteiger partial charge in [0.2, 0.25) is 0 Å². The summed E-state index contributed by atoms with van der Waals surface area (Å²) >= 11 is 3.09. The Morgan fingerprint density at radius 2 is 2.12 bits per heavy atom. The summed E-state index contributed by atoms with van der Waals surface area (Å²) in [6, 6.07) is 9.30. The lowest BCUT2D eigenvalue weighted by atomic mass is 9.89. The van der Waals surface area contributed by atoms with Gasteiger partial charge in [0.15, 0.2) is 10.9 Å². The van der Waals surface area contributed by atoms with E-state index >= 15 is 0 Å². The van der Waals surface area contributed by atoms with Crippen molar-refractivity contribution in [2.45, 2.75) is 31.3 Å². The Labute approximate surface area is 154 Å². The first-order chi connectivity index (χ1) is 12.1. The number of anilines is 1. The Morgan fingerprint density at radius 3 is 2.92 bits per heavy atom. The number of nitrogens with two attached hydrogens (primary N) is 1. The Morgan fingerprint density at radius 1 is 1.32 bits per heavy atom. The van der Waals surface area contributed by atoms with Gasteiger partial charge in [0.25, 0.3) is 0 Å². The summed E-state index contributed by atoms with van der Waals surface area (Å²) < 4.78 is 0. The minimum atomic E-state index is 0.0761. The van der Waals surface area contributed by atoms with Gasteiger partial charge in [-0.3, -0.25) is 4.79 Å². The van der Waals surface area contributed by atoms with Crippen LogP contribution < -0.4 is 5.73 Å². The van der Waals surface area contributed by atoms with Crippen molar-refractivity contribution in [1.82, 2.24) is 9.97 Å². The highest BCUT2D eigenvalue weighted by Gasteiger charge is 2.23. The number of thiophene rings is 1. The van der Waals surface area contributed by atoms with E-state index < -0.39 is 0 Å². The molecular weight excluding hydrogens is 350 g/mol. The van der Waals surface area contributed by atoms with Crippen LogP contribution in [0.3, 0.4) is 0 Å². The first-order valence-corrected chi connectivity index (χ1v) is 10.2. The van der Waals surface area contributed by atoms with E-state index in [0.717, 1.165) is 23.1 Å². The van der Waals surface area contributed by atoms with Gasteiger partial charge in [-0.15, -0.1) is 11.3 Å². The number of aromatic nitrogens is 2. The first-order valence-electron chi connectivity index (χ1n) is 8.40. The highest BCUT2D eigenvalue weighted by atomic mass is 32.2. The average molecular weight is 370 g/mol. The van der Waals surface area contributed by atoms with Crippen LogP contribution in [0, 0.1) is 5.92 Å². The van der Waals surface area contributed by atoms with Crippen molar-refractivity contribution in [1.29, 1.82) is 0 Å². The summed E-state index contributed by atoms with van der Waals surface area (Å²) in [4.78, 5) is 23.7. The Balaban J connectivity index is 1.58. The lowest BCUT2D eigenvalue weighted by Gasteiger charge is -2.18. The molecule has 25 heavy (non-hydrogen) atoms. The van der Waals surface area contributed by atoms with Crippen molar-refractivity contribution in [2.75, 3.05) is 11.5 Å². The van der Waals surface area contributed by atoms with Crippen molar-refractivity contribution < 1.29 is 4.79 Å². The van der Waals surface area contributed by atoms with E-state index in [9.17, 15) is 4.79 Å². The third kappa shape index (κ3) is 3.28. The summed E-state index contributed by atoms with van der Waals surface area (Å²) in [5.41, 5.74) is 8.30. The van der Waals surface area contributed by atoms with Gasteiger partial charge < -0.3 is 5.73 Å². The molecule has 6 heteroatoms. The zero-order valence-corrected chi connectivity index (χ0v) is 15.6. The molecule has 0 saturated carbocycles. The highest BCUT2D eigenvalue weighted by Crippen LogP contribution is 2.39. The van der Waals surface area contributed by atoms with Gasteiger partial charge in [-0.05, 0) is 30.7 Å². The molecule has 1 aromatic carbocycles. The highest BCUT2D eigenvalue weighted by molar-refractivity contribution is 7.99. The third-order valence-corrected chi connectivity index (χ3v) is 6.62.